The number of piperidine rings is 1. The Morgan fingerprint density at radius 2 is 2.11 bits per heavy atom. The molecule has 0 aromatic heterocycles. The highest BCUT2D eigenvalue weighted by molar-refractivity contribution is 9.10. The van der Waals surface area contributed by atoms with E-state index in [0.29, 0.717) is 10.0 Å². The third-order valence-corrected chi connectivity index (χ3v) is 4.04. The van der Waals surface area contributed by atoms with Gasteiger partial charge in [0.2, 0.25) is 0 Å². The van der Waals surface area contributed by atoms with Gasteiger partial charge in [-0.05, 0) is 60.1 Å². The van der Waals surface area contributed by atoms with Gasteiger partial charge >= 0.3 is 0 Å². The molecule has 2 rings (SSSR count). The maximum absolute atomic E-state index is 12.3. The number of amides is 1. The number of phenolic OH excluding ortho intramolecular Hbond substituents is 1. The molecule has 1 saturated heterocycles. The van der Waals surface area contributed by atoms with E-state index in [1.807, 2.05) is 7.05 Å². The van der Waals surface area contributed by atoms with E-state index >= 15 is 0 Å². The monoisotopic (exact) mass is 312 g/mol. The molecule has 18 heavy (non-hydrogen) atoms. The van der Waals surface area contributed by atoms with Gasteiger partial charge in [-0.1, -0.05) is 0 Å². The standard InChI is InChI=1S/C13H17BrN2O2/c1-16(10-4-6-15-7-5-10)13(18)9-2-3-11(14)12(17)8-9/h2-3,8,10,15,17H,4-7H2,1H3. The van der Waals surface area contributed by atoms with Crippen LogP contribution in [-0.4, -0.2) is 42.1 Å². The van der Waals surface area contributed by atoms with Crippen molar-refractivity contribution in [3.05, 3.63) is 28.2 Å². The minimum atomic E-state index is -0.0373. The highest BCUT2D eigenvalue weighted by Gasteiger charge is 2.23. The first kappa shape index (κ1) is 13.4. The number of carbonyl (C=O) groups is 1. The number of nitrogens with one attached hydrogen (secondary N) is 1. The molecule has 0 bridgehead atoms. The first-order valence-electron chi connectivity index (χ1n) is 6.06. The second-order valence-corrected chi connectivity index (χ2v) is 5.42. The van der Waals surface area contributed by atoms with Crippen molar-refractivity contribution in [1.82, 2.24) is 10.2 Å². The van der Waals surface area contributed by atoms with Crippen LogP contribution in [0.3, 0.4) is 0 Å². The van der Waals surface area contributed by atoms with Crippen molar-refractivity contribution in [3.63, 3.8) is 0 Å². The molecule has 1 heterocycles. The maximum Gasteiger partial charge on any atom is 0.253 e. The largest absolute Gasteiger partial charge is 0.507 e. The average Bonchev–Trinajstić information content (AvgIpc) is 2.41. The van der Waals surface area contributed by atoms with E-state index < -0.39 is 0 Å². The second-order valence-electron chi connectivity index (χ2n) is 4.56. The van der Waals surface area contributed by atoms with Gasteiger partial charge in [0.15, 0.2) is 0 Å². The fourth-order valence-electron chi connectivity index (χ4n) is 2.21. The summed E-state index contributed by atoms with van der Waals surface area (Å²) in [6.07, 6.45) is 1.95. The molecule has 0 saturated carbocycles. The number of hydrogen-bond acceptors (Lipinski definition) is 3. The summed E-state index contributed by atoms with van der Waals surface area (Å²) in [5.74, 6) is 0.0595. The molecule has 1 aliphatic heterocycles. The van der Waals surface area contributed by atoms with E-state index in [1.54, 1.807) is 17.0 Å². The lowest BCUT2D eigenvalue weighted by molar-refractivity contribution is 0.0703. The van der Waals surface area contributed by atoms with Crippen LogP contribution >= 0.6 is 15.9 Å². The van der Waals surface area contributed by atoms with Crippen LogP contribution in [0, 0.1) is 0 Å². The van der Waals surface area contributed by atoms with Crippen molar-refractivity contribution in [1.29, 1.82) is 0 Å². The molecule has 0 spiro atoms. The zero-order valence-electron chi connectivity index (χ0n) is 10.3. The number of phenols is 1. The summed E-state index contributed by atoms with van der Waals surface area (Å²) in [6.45, 7) is 1.90. The van der Waals surface area contributed by atoms with E-state index in [9.17, 15) is 9.90 Å². The van der Waals surface area contributed by atoms with E-state index in [2.05, 4.69) is 21.2 Å². The molecule has 1 amide bonds. The Morgan fingerprint density at radius 1 is 1.44 bits per heavy atom. The summed E-state index contributed by atoms with van der Waals surface area (Å²) in [7, 11) is 1.83. The van der Waals surface area contributed by atoms with Gasteiger partial charge in [0, 0.05) is 18.7 Å². The zero-order valence-corrected chi connectivity index (χ0v) is 11.9. The number of rotatable bonds is 2. The maximum atomic E-state index is 12.3. The van der Waals surface area contributed by atoms with Crippen LogP contribution in [0.15, 0.2) is 22.7 Å². The molecule has 1 fully saturated rings. The van der Waals surface area contributed by atoms with Gasteiger partial charge in [-0.2, -0.15) is 0 Å². The van der Waals surface area contributed by atoms with Crippen LogP contribution in [0.4, 0.5) is 0 Å². The smallest absolute Gasteiger partial charge is 0.253 e. The predicted octanol–water partition coefficient (Wildman–Crippen LogP) is 1.98. The quantitative estimate of drug-likeness (QED) is 0.878. The molecule has 0 unspecified atom stereocenters. The molecule has 4 nitrogen and oxygen atoms in total. The highest BCUT2D eigenvalue weighted by atomic mass is 79.9. The lowest BCUT2D eigenvalue weighted by Gasteiger charge is -2.31. The third kappa shape index (κ3) is 2.84. The fraction of sp³-hybridized carbons (Fsp3) is 0.462. The number of halogens is 1. The van der Waals surface area contributed by atoms with Crippen LogP contribution in [0.5, 0.6) is 5.75 Å². The van der Waals surface area contributed by atoms with Crippen LogP contribution in [-0.2, 0) is 0 Å². The molecule has 1 aliphatic rings. The van der Waals surface area contributed by atoms with Crippen LogP contribution in [0.1, 0.15) is 23.2 Å². The molecule has 2 N–H and O–H groups in total. The number of nitrogens with zero attached hydrogens (tertiary/aromatic N) is 1. The van der Waals surface area contributed by atoms with Crippen molar-refractivity contribution in [3.8, 4) is 5.75 Å². The van der Waals surface area contributed by atoms with Gasteiger partial charge in [0.05, 0.1) is 4.47 Å². The Labute approximate surface area is 115 Å². The first-order chi connectivity index (χ1) is 8.59. The number of hydrogen-bond donors (Lipinski definition) is 2. The number of carbonyl (C=O) groups excluding carboxylic acids is 1. The summed E-state index contributed by atoms with van der Waals surface area (Å²) in [4.78, 5) is 14.1. The Balaban J connectivity index is 2.11. The lowest BCUT2D eigenvalue weighted by Crippen LogP contribution is -2.43. The SMILES string of the molecule is CN(C(=O)c1ccc(Br)c(O)c1)C1CCNCC1. The number of benzene rings is 1. The Hall–Kier alpha value is -1.07. The molecule has 1 aromatic carbocycles. The summed E-state index contributed by atoms with van der Waals surface area (Å²) in [5, 5.41) is 12.9. The van der Waals surface area contributed by atoms with Crippen molar-refractivity contribution < 1.29 is 9.90 Å². The predicted molar refractivity (Wildman–Crippen MR) is 73.8 cm³/mol. The van der Waals surface area contributed by atoms with Gasteiger partial charge in [-0.15, -0.1) is 0 Å². The van der Waals surface area contributed by atoms with Crippen molar-refractivity contribution in [2.45, 2.75) is 18.9 Å². The van der Waals surface area contributed by atoms with Crippen molar-refractivity contribution in [2.24, 2.45) is 0 Å². The summed E-state index contributed by atoms with van der Waals surface area (Å²) < 4.78 is 0.601. The molecular formula is C13H17BrN2O2. The summed E-state index contributed by atoms with van der Waals surface area (Å²) in [6, 6.07) is 5.21. The van der Waals surface area contributed by atoms with Gasteiger partial charge in [0.25, 0.3) is 5.91 Å². The van der Waals surface area contributed by atoms with E-state index in [4.69, 9.17) is 0 Å². The Kier molecular flexibility index (Phi) is 4.24. The highest BCUT2D eigenvalue weighted by Crippen LogP contribution is 2.25. The van der Waals surface area contributed by atoms with E-state index in [0.717, 1.165) is 25.9 Å². The van der Waals surface area contributed by atoms with Gasteiger partial charge < -0.3 is 15.3 Å². The first-order valence-corrected chi connectivity index (χ1v) is 6.85. The normalized spacial score (nSPS) is 16.6. The Morgan fingerprint density at radius 3 is 2.72 bits per heavy atom. The average molecular weight is 313 g/mol. The van der Waals surface area contributed by atoms with Gasteiger partial charge in [0.1, 0.15) is 5.75 Å². The molecular weight excluding hydrogens is 296 g/mol. The lowest BCUT2D eigenvalue weighted by atomic mass is 10.0. The van der Waals surface area contributed by atoms with Crippen LogP contribution in [0.25, 0.3) is 0 Å². The number of aromatic hydroxyl groups is 1. The second kappa shape index (κ2) is 5.71. The minimum Gasteiger partial charge on any atom is -0.507 e. The van der Waals surface area contributed by atoms with Gasteiger partial charge in [-0.3, -0.25) is 4.79 Å². The van der Waals surface area contributed by atoms with E-state index in [-0.39, 0.29) is 17.7 Å². The van der Waals surface area contributed by atoms with Crippen LogP contribution in [0.2, 0.25) is 0 Å². The van der Waals surface area contributed by atoms with E-state index in [1.165, 1.54) is 6.07 Å². The molecule has 0 atom stereocenters. The molecule has 1 aromatic rings. The molecule has 5 heteroatoms. The third-order valence-electron chi connectivity index (χ3n) is 3.37. The fourth-order valence-corrected chi connectivity index (χ4v) is 2.46. The zero-order chi connectivity index (χ0) is 13.1. The van der Waals surface area contributed by atoms with Crippen LogP contribution < -0.4 is 5.32 Å². The summed E-state index contributed by atoms with van der Waals surface area (Å²) in [5.41, 5.74) is 0.525. The van der Waals surface area contributed by atoms with Crippen molar-refractivity contribution in [2.75, 3.05) is 20.1 Å². The molecule has 0 aliphatic carbocycles. The summed E-state index contributed by atoms with van der Waals surface area (Å²) >= 11 is 3.21. The van der Waals surface area contributed by atoms with Gasteiger partial charge in [-0.25, -0.2) is 0 Å². The van der Waals surface area contributed by atoms with Crippen molar-refractivity contribution >= 4 is 21.8 Å². The Bertz CT molecular complexity index is 445. The molecule has 0 radical (unpaired) electrons. The molecule has 98 valence electrons. The minimum absolute atomic E-state index is 0.0373. The topological polar surface area (TPSA) is 52.6 Å².